The lowest BCUT2D eigenvalue weighted by atomic mass is 10.1. The van der Waals surface area contributed by atoms with Crippen LogP contribution in [-0.4, -0.2) is 32.8 Å². The van der Waals surface area contributed by atoms with Crippen LogP contribution in [0.25, 0.3) is 11.3 Å². The molecule has 0 spiro atoms. The fraction of sp³-hybridized carbons (Fsp3) is 0.182. The molecule has 1 aromatic carbocycles. The van der Waals surface area contributed by atoms with Crippen LogP contribution < -0.4 is 10.1 Å². The van der Waals surface area contributed by atoms with Crippen LogP contribution in [0.15, 0.2) is 53.2 Å². The molecule has 0 bridgehead atoms. The van der Waals surface area contributed by atoms with Crippen molar-refractivity contribution in [2.75, 3.05) is 5.32 Å². The van der Waals surface area contributed by atoms with E-state index in [1.54, 1.807) is 16.9 Å². The number of Topliss-reactive ketones (excluding diaryl/α,β-unsaturated/α-hetero) is 1. The Balaban J connectivity index is 1.51. The normalized spacial score (nSPS) is 11.4. The maximum absolute atomic E-state index is 12.9. The van der Waals surface area contributed by atoms with Crippen LogP contribution in [0, 0.1) is 6.92 Å². The number of anilines is 1. The first-order valence-electron chi connectivity index (χ1n) is 9.84. The first kappa shape index (κ1) is 23.2. The number of thiophene rings is 1. The van der Waals surface area contributed by atoms with Gasteiger partial charge in [0.25, 0.3) is 5.91 Å². The van der Waals surface area contributed by atoms with Gasteiger partial charge in [0, 0.05) is 23.6 Å². The van der Waals surface area contributed by atoms with E-state index in [1.807, 2.05) is 6.07 Å². The number of nitrogens with one attached hydrogen (secondary N) is 1. The second kappa shape index (κ2) is 9.14. The van der Waals surface area contributed by atoms with Crippen LogP contribution in [-0.2, 0) is 6.54 Å². The SMILES string of the molecule is CC(=O)c1ccc(Cn2cc(NC(=O)c3nc(C)oc3-c3cccc(OC(F)(F)F)c3)cn2)s1. The monoisotopic (exact) mass is 490 g/mol. The number of ketones is 1. The number of oxazole rings is 1. The van der Waals surface area contributed by atoms with Crippen LogP contribution in [0.4, 0.5) is 18.9 Å². The van der Waals surface area contributed by atoms with E-state index >= 15 is 0 Å². The molecule has 0 aliphatic heterocycles. The van der Waals surface area contributed by atoms with E-state index in [-0.39, 0.29) is 28.7 Å². The molecule has 176 valence electrons. The minimum Gasteiger partial charge on any atom is -0.440 e. The number of benzene rings is 1. The zero-order valence-electron chi connectivity index (χ0n) is 17.8. The lowest BCUT2D eigenvalue weighted by Gasteiger charge is -2.09. The number of alkyl halides is 3. The molecule has 0 unspecified atom stereocenters. The van der Waals surface area contributed by atoms with E-state index in [0.29, 0.717) is 17.1 Å². The number of halogens is 3. The number of rotatable bonds is 7. The molecule has 0 atom stereocenters. The van der Waals surface area contributed by atoms with Gasteiger partial charge in [-0.3, -0.25) is 14.3 Å². The Bertz CT molecular complexity index is 1360. The Morgan fingerprint density at radius 3 is 2.74 bits per heavy atom. The van der Waals surface area contributed by atoms with Gasteiger partial charge in [0.1, 0.15) is 5.75 Å². The Morgan fingerprint density at radius 1 is 1.24 bits per heavy atom. The zero-order chi connectivity index (χ0) is 24.5. The Labute approximate surface area is 195 Å². The van der Waals surface area contributed by atoms with Crippen LogP contribution in [0.2, 0.25) is 0 Å². The number of carbonyl (C=O) groups is 2. The third-order valence-electron chi connectivity index (χ3n) is 4.50. The van der Waals surface area contributed by atoms with Crippen molar-refractivity contribution >= 4 is 28.7 Å². The number of hydrogen-bond donors (Lipinski definition) is 1. The van der Waals surface area contributed by atoms with Crippen LogP contribution in [0.3, 0.4) is 0 Å². The fourth-order valence-electron chi connectivity index (χ4n) is 3.13. The summed E-state index contributed by atoms with van der Waals surface area (Å²) in [7, 11) is 0. The Hall–Kier alpha value is -3.93. The molecular weight excluding hydrogens is 473 g/mol. The van der Waals surface area contributed by atoms with Gasteiger partial charge in [-0.2, -0.15) is 5.10 Å². The predicted molar refractivity (Wildman–Crippen MR) is 117 cm³/mol. The highest BCUT2D eigenvalue weighted by Crippen LogP contribution is 2.31. The third kappa shape index (κ3) is 5.52. The molecule has 0 aliphatic rings. The molecule has 0 fully saturated rings. The van der Waals surface area contributed by atoms with E-state index in [9.17, 15) is 22.8 Å². The van der Waals surface area contributed by atoms with Gasteiger partial charge in [-0.25, -0.2) is 4.98 Å². The van der Waals surface area contributed by atoms with E-state index in [2.05, 4.69) is 20.1 Å². The second-order valence-electron chi connectivity index (χ2n) is 7.19. The lowest BCUT2D eigenvalue weighted by Crippen LogP contribution is -2.17. The minimum atomic E-state index is -4.85. The average Bonchev–Trinajstić information content (AvgIpc) is 3.47. The highest BCUT2D eigenvalue weighted by Gasteiger charge is 2.31. The van der Waals surface area contributed by atoms with Crippen LogP contribution in [0.5, 0.6) is 5.75 Å². The molecule has 4 aromatic rings. The average molecular weight is 490 g/mol. The zero-order valence-corrected chi connectivity index (χ0v) is 18.7. The molecular formula is C22H17F3N4O4S. The summed E-state index contributed by atoms with van der Waals surface area (Å²) in [4.78, 5) is 30.0. The summed E-state index contributed by atoms with van der Waals surface area (Å²) in [5, 5.41) is 6.86. The van der Waals surface area contributed by atoms with Crippen LogP contribution in [0.1, 0.15) is 37.9 Å². The lowest BCUT2D eigenvalue weighted by molar-refractivity contribution is -0.274. The minimum absolute atomic E-state index is 0.00497. The maximum Gasteiger partial charge on any atom is 0.573 e. The first-order chi connectivity index (χ1) is 16.1. The molecule has 3 heterocycles. The van der Waals surface area contributed by atoms with Crippen molar-refractivity contribution in [2.24, 2.45) is 0 Å². The van der Waals surface area contributed by atoms with Gasteiger partial charge < -0.3 is 14.5 Å². The third-order valence-corrected chi connectivity index (χ3v) is 5.67. The molecule has 8 nitrogen and oxygen atoms in total. The topological polar surface area (TPSA) is 99.2 Å². The van der Waals surface area contributed by atoms with Gasteiger partial charge in [-0.15, -0.1) is 24.5 Å². The summed E-state index contributed by atoms with van der Waals surface area (Å²) in [6.07, 6.45) is -1.80. The highest BCUT2D eigenvalue weighted by molar-refractivity contribution is 7.14. The summed E-state index contributed by atoms with van der Waals surface area (Å²) < 4.78 is 48.7. The van der Waals surface area contributed by atoms with Gasteiger partial charge >= 0.3 is 6.36 Å². The smallest absolute Gasteiger partial charge is 0.440 e. The Morgan fingerprint density at radius 2 is 2.03 bits per heavy atom. The molecule has 0 saturated carbocycles. The van der Waals surface area contributed by atoms with Gasteiger partial charge in [0.2, 0.25) is 0 Å². The summed E-state index contributed by atoms with van der Waals surface area (Å²) in [5.74, 6) is -0.919. The van der Waals surface area contributed by atoms with Crippen molar-refractivity contribution in [1.82, 2.24) is 14.8 Å². The molecule has 0 saturated heterocycles. The summed E-state index contributed by atoms with van der Waals surface area (Å²) in [5.41, 5.74) is 0.482. The second-order valence-corrected chi connectivity index (χ2v) is 8.36. The Kier molecular flexibility index (Phi) is 6.24. The predicted octanol–water partition coefficient (Wildman–Crippen LogP) is 5.31. The van der Waals surface area contributed by atoms with Crippen molar-refractivity contribution in [3.63, 3.8) is 0 Å². The number of hydrogen-bond acceptors (Lipinski definition) is 7. The molecule has 34 heavy (non-hydrogen) atoms. The summed E-state index contributed by atoms with van der Waals surface area (Å²) in [6.45, 7) is 3.43. The number of carbonyl (C=O) groups excluding carboxylic acids is 2. The van der Waals surface area contributed by atoms with Crippen molar-refractivity contribution in [3.8, 4) is 17.1 Å². The molecule has 12 heteroatoms. The van der Waals surface area contributed by atoms with Gasteiger partial charge in [-0.05, 0) is 31.2 Å². The number of aryl methyl sites for hydroxylation is 1. The molecule has 1 amide bonds. The van der Waals surface area contributed by atoms with Crippen molar-refractivity contribution < 1.29 is 31.9 Å². The van der Waals surface area contributed by atoms with Crippen molar-refractivity contribution in [1.29, 1.82) is 0 Å². The van der Waals surface area contributed by atoms with E-state index in [4.69, 9.17) is 4.42 Å². The fourth-order valence-corrected chi connectivity index (χ4v) is 4.02. The molecule has 0 radical (unpaired) electrons. The molecule has 1 N–H and O–H groups in total. The van der Waals surface area contributed by atoms with Gasteiger partial charge in [0.15, 0.2) is 23.1 Å². The molecule has 4 rings (SSSR count). The van der Waals surface area contributed by atoms with Crippen molar-refractivity contribution in [3.05, 3.63) is 70.1 Å². The summed E-state index contributed by atoms with van der Waals surface area (Å²) >= 11 is 1.36. The van der Waals surface area contributed by atoms with E-state index < -0.39 is 18.0 Å². The van der Waals surface area contributed by atoms with Gasteiger partial charge in [0.05, 0.1) is 23.3 Å². The van der Waals surface area contributed by atoms with Crippen molar-refractivity contribution in [2.45, 2.75) is 26.8 Å². The highest BCUT2D eigenvalue weighted by atomic mass is 32.1. The van der Waals surface area contributed by atoms with E-state index in [1.165, 1.54) is 43.5 Å². The van der Waals surface area contributed by atoms with E-state index in [0.717, 1.165) is 17.0 Å². The van der Waals surface area contributed by atoms with Gasteiger partial charge in [-0.1, -0.05) is 12.1 Å². The maximum atomic E-state index is 12.9. The largest absolute Gasteiger partial charge is 0.573 e. The number of aromatic nitrogens is 3. The standard InChI is InChI=1S/C22H17F3N4O4S/c1-12(30)18-7-6-17(34-18)11-29-10-15(9-26-29)28-21(31)19-20(32-13(2)27-19)14-4-3-5-16(8-14)33-22(23,24)25/h3-10H,11H2,1-2H3,(H,28,31). The quantitative estimate of drug-likeness (QED) is 0.353. The number of ether oxygens (including phenoxy) is 1. The number of amides is 1. The molecule has 0 aliphatic carbocycles. The first-order valence-corrected chi connectivity index (χ1v) is 10.7. The molecule has 3 aromatic heterocycles. The van der Waals surface area contributed by atoms with Crippen LogP contribution >= 0.6 is 11.3 Å². The summed E-state index contributed by atoms with van der Waals surface area (Å²) in [6, 6.07) is 8.66. The number of nitrogens with zero attached hydrogens (tertiary/aromatic N) is 3.